The molecule has 29 heavy (non-hydrogen) atoms. The molecule has 5 heteroatoms. The Bertz CT molecular complexity index is 780. The minimum absolute atomic E-state index is 0.0287. The standard InChI is InChI=1S/C24H31N3O2/c1-29-22-11-9-20(10-12-22)25-24(28)23(19-7-3-2-4-8-19)27-17-13-21(14-18-27)26-15-5-6-16-26/h2-4,7-12,21,23H,5-6,13-18H2,1H3,(H,25,28). The third kappa shape index (κ3) is 4.80. The van der Waals surface area contributed by atoms with Crippen molar-refractivity contribution < 1.29 is 9.53 Å². The second-order valence-electron chi connectivity index (χ2n) is 8.04. The molecule has 5 nitrogen and oxygen atoms in total. The summed E-state index contributed by atoms with van der Waals surface area (Å²) in [5, 5.41) is 3.11. The van der Waals surface area contributed by atoms with Crippen molar-refractivity contribution in [1.82, 2.24) is 9.80 Å². The van der Waals surface area contributed by atoms with Crippen LogP contribution in [0.2, 0.25) is 0 Å². The zero-order chi connectivity index (χ0) is 20.1. The van der Waals surface area contributed by atoms with Gasteiger partial charge in [0.25, 0.3) is 0 Å². The molecule has 2 saturated heterocycles. The first-order valence-corrected chi connectivity index (χ1v) is 10.7. The van der Waals surface area contributed by atoms with Crippen LogP contribution in [-0.4, -0.2) is 55.0 Å². The molecule has 0 aromatic heterocycles. The van der Waals surface area contributed by atoms with E-state index in [1.165, 1.54) is 25.9 Å². The lowest BCUT2D eigenvalue weighted by Gasteiger charge is -2.40. The fourth-order valence-corrected chi connectivity index (χ4v) is 4.66. The number of benzene rings is 2. The van der Waals surface area contributed by atoms with Crippen LogP contribution in [0.5, 0.6) is 5.75 Å². The lowest BCUT2D eigenvalue weighted by atomic mass is 9.97. The lowest BCUT2D eigenvalue weighted by molar-refractivity contribution is -0.122. The highest BCUT2D eigenvalue weighted by Gasteiger charge is 2.33. The van der Waals surface area contributed by atoms with Crippen molar-refractivity contribution in [2.24, 2.45) is 0 Å². The van der Waals surface area contributed by atoms with Gasteiger partial charge in [-0.25, -0.2) is 0 Å². The smallest absolute Gasteiger partial charge is 0.246 e. The zero-order valence-electron chi connectivity index (χ0n) is 17.2. The minimum atomic E-state index is -0.266. The number of ether oxygens (including phenoxy) is 1. The van der Waals surface area contributed by atoms with E-state index in [1.807, 2.05) is 42.5 Å². The summed E-state index contributed by atoms with van der Waals surface area (Å²) in [5.74, 6) is 0.813. The van der Waals surface area contributed by atoms with Crippen molar-refractivity contribution >= 4 is 11.6 Å². The molecule has 0 aliphatic carbocycles. The van der Waals surface area contributed by atoms with Crippen LogP contribution in [0.15, 0.2) is 54.6 Å². The van der Waals surface area contributed by atoms with Crippen LogP contribution in [0.25, 0.3) is 0 Å². The predicted molar refractivity (Wildman–Crippen MR) is 116 cm³/mol. The topological polar surface area (TPSA) is 44.8 Å². The summed E-state index contributed by atoms with van der Waals surface area (Å²) in [6, 6.07) is 18.1. The molecule has 0 saturated carbocycles. The van der Waals surface area contributed by atoms with Gasteiger partial charge in [0.2, 0.25) is 5.91 Å². The van der Waals surface area contributed by atoms with E-state index in [9.17, 15) is 4.79 Å². The van der Waals surface area contributed by atoms with Crippen molar-refractivity contribution in [3.8, 4) is 5.75 Å². The highest BCUT2D eigenvalue weighted by molar-refractivity contribution is 5.95. The van der Waals surface area contributed by atoms with Gasteiger partial charge in [-0.15, -0.1) is 0 Å². The monoisotopic (exact) mass is 393 g/mol. The van der Waals surface area contributed by atoms with Crippen LogP contribution in [0.4, 0.5) is 5.69 Å². The molecule has 1 atom stereocenters. The molecule has 4 rings (SSSR count). The third-order valence-electron chi connectivity index (χ3n) is 6.24. The molecule has 1 unspecified atom stereocenters. The molecule has 1 N–H and O–H groups in total. The summed E-state index contributed by atoms with van der Waals surface area (Å²) < 4.78 is 5.21. The lowest BCUT2D eigenvalue weighted by Crippen LogP contribution is -2.47. The molecule has 1 amide bonds. The number of hydrogen-bond donors (Lipinski definition) is 1. The Balaban J connectivity index is 1.47. The fraction of sp³-hybridized carbons (Fsp3) is 0.458. The highest BCUT2D eigenvalue weighted by Crippen LogP contribution is 2.29. The molecule has 0 spiro atoms. The first-order chi connectivity index (χ1) is 14.2. The van der Waals surface area contributed by atoms with Crippen molar-refractivity contribution in [2.45, 2.75) is 37.8 Å². The number of amides is 1. The molecule has 2 aromatic rings. The van der Waals surface area contributed by atoms with Crippen LogP contribution in [0.3, 0.4) is 0 Å². The van der Waals surface area contributed by atoms with E-state index in [0.717, 1.165) is 42.9 Å². The van der Waals surface area contributed by atoms with E-state index in [4.69, 9.17) is 4.74 Å². The Morgan fingerprint density at radius 2 is 1.62 bits per heavy atom. The number of hydrogen-bond acceptors (Lipinski definition) is 4. The second kappa shape index (κ2) is 9.42. The Labute approximate surface area is 173 Å². The quantitative estimate of drug-likeness (QED) is 0.808. The van der Waals surface area contributed by atoms with Gasteiger partial charge in [0.15, 0.2) is 0 Å². The molecule has 2 aliphatic heterocycles. The molecule has 0 bridgehead atoms. The minimum Gasteiger partial charge on any atom is -0.497 e. The van der Waals surface area contributed by atoms with Gasteiger partial charge in [0.1, 0.15) is 11.8 Å². The van der Waals surface area contributed by atoms with Crippen LogP contribution >= 0.6 is 0 Å². The van der Waals surface area contributed by atoms with E-state index in [0.29, 0.717) is 6.04 Å². The summed E-state index contributed by atoms with van der Waals surface area (Å²) in [7, 11) is 1.64. The van der Waals surface area contributed by atoms with Gasteiger partial charge in [-0.05, 0) is 68.6 Å². The van der Waals surface area contributed by atoms with E-state index in [-0.39, 0.29) is 11.9 Å². The normalized spacial score (nSPS) is 19.8. The van der Waals surface area contributed by atoms with Gasteiger partial charge >= 0.3 is 0 Å². The molecule has 2 fully saturated rings. The molecular formula is C24H31N3O2. The molecule has 2 aromatic carbocycles. The maximum Gasteiger partial charge on any atom is 0.246 e. The van der Waals surface area contributed by atoms with Gasteiger partial charge in [0, 0.05) is 24.8 Å². The Kier molecular flexibility index (Phi) is 6.47. The molecular weight excluding hydrogens is 362 g/mol. The van der Waals surface area contributed by atoms with Crippen LogP contribution in [0.1, 0.15) is 37.3 Å². The predicted octanol–water partition coefficient (Wildman–Crippen LogP) is 3.94. The van der Waals surface area contributed by atoms with Gasteiger partial charge in [-0.3, -0.25) is 9.69 Å². The SMILES string of the molecule is COc1ccc(NC(=O)C(c2ccccc2)N2CCC(N3CCCC3)CC2)cc1. The van der Waals surface area contributed by atoms with Crippen LogP contribution in [0, 0.1) is 0 Å². The maximum absolute atomic E-state index is 13.3. The Morgan fingerprint density at radius 1 is 0.966 bits per heavy atom. The van der Waals surface area contributed by atoms with Crippen molar-refractivity contribution in [3.63, 3.8) is 0 Å². The number of methoxy groups -OCH3 is 1. The van der Waals surface area contributed by atoms with Gasteiger partial charge in [-0.1, -0.05) is 30.3 Å². The molecule has 154 valence electrons. The summed E-state index contributed by atoms with van der Waals surface area (Å²) in [6.45, 7) is 4.39. The summed E-state index contributed by atoms with van der Waals surface area (Å²) in [6.07, 6.45) is 4.94. The van der Waals surface area contributed by atoms with Crippen molar-refractivity contribution in [1.29, 1.82) is 0 Å². The van der Waals surface area contributed by atoms with Gasteiger partial charge < -0.3 is 15.0 Å². The number of nitrogens with zero attached hydrogens (tertiary/aromatic N) is 2. The summed E-state index contributed by atoms with van der Waals surface area (Å²) in [4.78, 5) is 18.3. The average molecular weight is 394 g/mol. The second-order valence-corrected chi connectivity index (χ2v) is 8.04. The number of piperidine rings is 1. The molecule has 2 aliphatic rings. The Hall–Kier alpha value is -2.37. The first kappa shape index (κ1) is 19.9. The number of likely N-dealkylation sites (tertiary alicyclic amines) is 2. The highest BCUT2D eigenvalue weighted by atomic mass is 16.5. The number of anilines is 1. The van der Waals surface area contributed by atoms with E-state index in [2.05, 4.69) is 27.2 Å². The molecule has 2 heterocycles. The van der Waals surface area contributed by atoms with E-state index >= 15 is 0 Å². The van der Waals surface area contributed by atoms with Crippen molar-refractivity contribution in [2.75, 3.05) is 38.6 Å². The largest absolute Gasteiger partial charge is 0.497 e. The zero-order valence-corrected chi connectivity index (χ0v) is 17.2. The third-order valence-corrected chi connectivity index (χ3v) is 6.24. The molecule has 0 radical (unpaired) electrons. The van der Waals surface area contributed by atoms with Gasteiger partial charge in [0.05, 0.1) is 7.11 Å². The number of rotatable bonds is 6. The number of carbonyl (C=O) groups excluding carboxylic acids is 1. The Morgan fingerprint density at radius 3 is 2.24 bits per heavy atom. The first-order valence-electron chi connectivity index (χ1n) is 10.7. The van der Waals surface area contributed by atoms with E-state index < -0.39 is 0 Å². The van der Waals surface area contributed by atoms with Crippen LogP contribution in [-0.2, 0) is 4.79 Å². The summed E-state index contributed by atoms with van der Waals surface area (Å²) in [5.41, 5.74) is 1.85. The number of carbonyl (C=O) groups is 1. The average Bonchev–Trinajstić information content (AvgIpc) is 3.31. The van der Waals surface area contributed by atoms with Crippen LogP contribution < -0.4 is 10.1 Å². The van der Waals surface area contributed by atoms with Crippen molar-refractivity contribution in [3.05, 3.63) is 60.2 Å². The maximum atomic E-state index is 13.3. The fourth-order valence-electron chi connectivity index (χ4n) is 4.66. The van der Waals surface area contributed by atoms with E-state index in [1.54, 1.807) is 7.11 Å². The number of nitrogens with one attached hydrogen (secondary N) is 1. The summed E-state index contributed by atoms with van der Waals surface area (Å²) >= 11 is 0. The van der Waals surface area contributed by atoms with Gasteiger partial charge in [-0.2, -0.15) is 0 Å².